The van der Waals surface area contributed by atoms with Gasteiger partial charge >= 0.3 is 5.97 Å². The molecular weight excluding hydrogens is 344 g/mol. The summed E-state index contributed by atoms with van der Waals surface area (Å²) in [5, 5.41) is 14.0. The van der Waals surface area contributed by atoms with Gasteiger partial charge in [-0.25, -0.2) is 4.79 Å². The maximum Gasteiger partial charge on any atom is 0.326 e. The number of nitrogens with one attached hydrogen (secondary N) is 2. The molecule has 0 saturated carbocycles. The molecule has 0 aliphatic rings. The number of hydrogen-bond donors (Lipinski definition) is 3. The zero-order chi connectivity index (χ0) is 19.0. The molecule has 27 heavy (non-hydrogen) atoms. The molecule has 2 aromatic heterocycles. The first-order valence-electron chi connectivity index (χ1n) is 8.61. The standard InChI is InChI=1S/C21H18N2O4/c1-12-14-6-3-5-9-18(14)27-19(12)20(24)23-17(21(25)26)10-13-11-22-16-8-4-2-7-15(13)16/h2-9,11,17,22H,10H2,1H3,(H,23,24)(H,25,26). The minimum Gasteiger partial charge on any atom is -0.480 e. The Bertz CT molecular complexity index is 1160. The molecule has 136 valence electrons. The summed E-state index contributed by atoms with van der Waals surface area (Å²) in [5.41, 5.74) is 3.05. The predicted octanol–water partition coefficient (Wildman–Crippen LogP) is 3.65. The molecule has 0 radical (unpaired) electrons. The van der Waals surface area contributed by atoms with Crippen molar-refractivity contribution in [1.82, 2.24) is 10.3 Å². The van der Waals surface area contributed by atoms with Crippen molar-refractivity contribution < 1.29 is 19.1 Å². The van der Waals surface area contributed by atoms with E-state index in [4.69, 9.17) is 4.42 Å². The number of amides is 1. The molecule has 2 aromatic carbocycles. The van der Waals surface area contributed by atoms with Crippen molar-refractivity contribution in [2.24, 2.45) is 0 Å². The Kier molecular flexibility index (Phi) is 4.16. The average molecular weight is 362 g/mol. The normalized spacial score (nSPS) is 12.3. The second-order valence-corrected chi connectivity index (χ2v) is 6.48. The van der Waals surface area contributed by atoms with Crippen LogP contribution in [-0.2, 0) is 11.2 Å². The average Bonchev–Trinajstić information content (AvgIpc) is 3.23. The predicted molar refractivity (Wildman–Crippen MR) is 102 cm³/mol. The van der Waals surface area contributed by atoms with Crippen molar-refractivity contribution in [3.05, 3.63) is 71.6 Å². The molecule has 0 saturated heterocycles. The number of carboxylic acids is 1. The number of aryl methyl sites for hydroxylation is 1. The Morgan fingerprint density at radius 1 is 1.11 bits per heavy atom. The van der Waals surface area contributed by atoms with Gasteiger partial charge in [0, 0.05) is 34.5 Å². The summed E-state index contributed by atoms with van der Waals surface area (Å²) in [6.07, 6.45) is 1.95. The second-order valence-electron chi connectivity index (χ2n) is 6.48. The third kappa shape index (κ3) is 3.06. The Morgan fingerprint density at radius 2 is 1.81 bits per heavy atom. The summed E-state index contributed by atoms with van der Waals surface area (Å²) in [4.78, 5) is 27.5. The lowest BCUT2D eigenvalue weighted by molar-refractivity contribution is -0.139. The van der Waals surface area contributed by atoms with Crippen molar-refractivity contribution in [2.75, 3.05) is 0 Å². The van der Waals surface area contributed by atoms with Gasteiger partial charge in [-0.05, 0) is 24.6 Å². The maximum atomic E-state index is 12.7. The molecular formula is C21H18N2O4. The molecule has 2 heterocycles. The molecule has 1 atom stereocenters. The number of para-hydroxylation sites is 2. The minimum absolute atomic E-state index is 0.140. The zero-order valence-corrected chi connectivity index (χ0v) is 14.7. The molecule has 0 aliphatic carbocycles. The van der Waals surface area contributed by atoms with E-state index < -0.39 is 17.9 Å². The van der Waals surface area contributed by atoms with E-state index in [-0.39, 0.29) is 12.2 Å². The van der Waals surface area contributed by atoms with Gasteiger partial charge in [0.15, 0.2) is 5.76 Å². The number of rotatable bonds is 5. The fourth-order valence-electron chi connectivity index (χ4n) is 3.34. The van der Waals surface area contributed by atoms with Gasteiger partial charge in [-0.2, -0.15) is 0 Å². The van der Waals surface area contributed by atoms with E-state index in [0.717, 1.165) is 21.9 Å². The van der Waals surface area contributed by atoms with Gasteiger partial charge in [-0.15, -0.1) is 0 Å². The number of fused-ring (bicyclic) bond motifs is 2. The van der Waals surface area contributed by atoms with Crippen molar-refractivity contribution in [3.8, 4) is 0 Å². The molecule has 6 nitrogen and oxygen atoms in total. The van der Waals surface area contributed by atoms with E-state index in [2.05, 4.69) is 10.3 Å². The van der Waals surface area contributed by atoms with E-state index in [9.17, 15) is 14.7 Å². The highest BCUT2D eigenvalue weighted by atomic mass is 16.4. The molecule has 0 bridgehead atoms. The van der Waals surface area contributed by atoms with Gasteiger partial charge in [0.05, 0.1) is 0 Å². The van der Waals surface area contributed by atoms with Crippen molar-refractivity contribution in [2.45, 2.75) is 19.4 Å². The summed E-state index contributed by atoms with van der Waals surface area (Å²) < 4.78 is 5.64. The number of aliphatic carboxylic acids is 1. The topological polar surface area (TPSA) is 95.3 Å². The minimum atomic E-state index is -1.10. The summed E-state index contributed by atoms with van der Waals surface area (Å²) in [6, 6.07) is 13.9. The molecule has 0 aliphatic heterocycles. The van der Waals surface area contributed by atoms with Gasteiger partial charge in [-0.3, -0.25) is 4.79 Å². The zero-order valence-electron chi connectivity index (χ0n) is 14.7. The van der Waals surface area contributed by atoms with E-state index in [1.165, 1.54) is 0 Å². The maximum absolute atomic E-state index is 12.7. The first kappa shape index (κ1) is 16.9. The molecule has 1 amide bonds. The van der Waals surface area contributed by atoms with Crippen molar-refractivity contribution in [3.63, 3.8) is 0 Å². The first-order chi connectivity index (χ1) is 13.0. The highest BCUT2D eigenvalue weighted by molar-refractivity contribution is 6.00. The number of aromatic amines is 1. The molecule has 1 unspecified atom stereocenters. The highest BCUT2D eigenvalue weighted by Crippen LogP contribution is 2.25. The number of carboxylic acid groups (broad SMARTS) is 1. The van der Waals surface area contributed by atoms with E-state index >= 15 is 0 Å². The van der Waals surface area contributed by atoms with Crippen LogP contribution in [-0.4, -0.2) is 28.0 Å². The molecule has 0 fully saturated rings. The van der Waals surface area contributed by atoms with Gasteiger partial charge in [0.1, 0.15) is 11.6 Å². The fourth-order valence-corrected chi connectivity index (χ4v) is 3.34. The molecule has 4 rings (SSSR count). The number of carbonyl (C=O) groups excluding carboxylic acids is 1. The van der Waals surface area contributed by atoms with Crippen LogP contribution in [0.5, 0.6) is 0 Å². The van der Waals surface area contributed by atoms with E-state index in [1.54, 1.807) is 19.2 Å². The van der Waals surface area contributed by atoms with Crippen molar-refractivity contribution >= 4 is 33.7 Å². The smallest absolute Gasteiger partial charge is 0.326 e. The van der Waals surface area contributed by atoms with Gasteiger partial charge in [0.2, 0.25) is 0 Å². The Hall–Kier alpha value is -3.54. The monoisotopic (exact) mass is 362 g/mol. The third-order valence-electron chi connectivity index (χ3n) is 4.75. The van der Waals surface area contributed by atoms with E-state index in [1.807, 2.05) is 42.5 Å². The molecule has 4 aromatic rings. The Labute approximate surface area is 154 Å². The SMILES string of the molecule is Cc1c(C(=O)NC(Cc2c[nH]c3ccccc23)C(=O)O)oc2ccccc12. The quantitative estimate of drug-likeness (QED) is 0.505. The lowest BCUT2D eigenvalue weighted by Crippen LogP contribution is -2.42. The second kappa shape index (κ2) is 6.64. The van der Waals surface area contributed by atoms with Crippen LogP contribution < -0.4 is 5.32 Å². The van der Waals surface area contributed by atoms with Crippen LogP contribution >= 0.6 is 0 Å². The molecule has 0 spiro atoms. The third-order valence-corrected chi connectivity index (χ3v) is 4.75. The highest BCUT2D eigenvalue weighted by Gasteiger charge is 2.25. The first-order valence-corrected chi connectivity index (χ1v) is 8.61. The number of H-pyrrole nitrogens is 1. The summed E-state index contributed by atoms with van der Waals surface area (Å²) >= 11 is 0. The summed E-state index contributed by atoms with van der Waals surface area (Å²) in [6.45, 7) is 1.79. The number of aromatic nitrogens is 1. The number of carbonyl (C=O) groups is 2. The van der Waals surface area contributed by atoms with Crippen LogP contribution in [0.4, 0.5) is 0 Å². The summed E-state index contributed by atoms with van der Waals surface area (Å²) in [5.74, 6) is -1.49. The molecule has 3 N–H and O–H groups in total. The molecule has 6 heteroatoms. The largest absolute Gasteiger partial charge is 0.480 e. The van der Waals surface area contributed by atoms with E-state index in [0.29, 0.717) is 11.1 Å². The van der Waals surface area contributed by atoms with Gasteiger partial charge in [0.25, 0.3) is 5.91 Å². The lowest BCUT2D eigenvalue weighted by atomic mass is 10.0. The lowest BCUT2D eigenvalue weighted by Gasteiger charge is -2.13. The van der Waals surface area contributed by atoms with Gasteiger partial charge < -0.3 is 19.8 Å². The van der Waals surface area contributed by atoms with Crippen LogP contribution in [0.3, 0.4) is 0 Å². The van der Waals surface area contributed by atoms with Crippen LogP contribution in [0.1, 0.15) is 21.7 Å². The Morgan fingerprint density at radius 3 is 2.56 bits per heavy atom. The Balaban J connectivity index is 1.60. The summed E-state index contributed by atoms with van der Waals surface area (Å²) in [7, 11) is 0. The van der Waals surface area contributed by atoms with Crippen LogP contribution in [0.2, 0.25) is 0 Å². The van der Waals surface area contributed by atoms with Gasteiger partial charge in [-0.1, -0.05) is 36.4 Å². The van der Waals surface area contributed by atoms with Crippen LogP contribution in [0.15, 0.2) is 59.1 Å². The number of benzene rings is 2. The van der Waals surface area contributed by atoms with Crippen molar-refractivity contribution in [1.29, 1.82) is 0 Å². The number of hydrogen-bond acceptors (Lipinski definition) is 3. The number of furan rings is 1. The fraction of sp³-hybridized carbons (Fsp3) is 0.143. The van der Waals surface area contributed by atoms with Crippen LogP contribution in [0, 0.1) is 6.92 Å². The van der Waals surface area contributed by atoms with Crippen LogP contribution in [0.25, 0.3) is 21.9 Å².